The van der Waals surface area contributed by atoms with Crippen LogP contribution in [0, 0.1) is 0 Å². The molecule has 0 atom stereocenters. The molecule has 0 saturated heterocycles. The molecule has 2 heteroatoms. The first-order chi connectivity index (χ1) is 5.67. The number of hydrogen-bond acceptors (Lipinski definition) is 2. The Labute approximate surface area is 73.9 Å². The lowest BCUT2D eigenvalue weighted by Gasteiger charge is -2.35. The van der Waals surface area contributed by atoms with Gasteiger partial charge in [-0.1, -0.05) is 12.2 Å². The highest BCUT2D eigenvalue weighted by Gasteiger charge is 2.35. The monoisotopic (exact) mass is 168 g/mol. The van der Waals surface area contributed by atoms with Crippen LogP contribution in [0.2, 0.25) is 0 Å². The molecule has 0 unspecified atom stereocenters. The predicted molar refractivity (Wildman–Crippen MR) is 48.9 cm³/mol. The van der Waals surface area contributed by atoms with E-state index in [9.17, 15) is 0 Å². The molecule has 12 heavy (non-hydrogen) atoms. The Kier molecular flexibility index (Phi) is 2.70. The summed E-state index contributed by atoms with van der Waals surface area (Å²) < 4.78 is 10.8. The lowest BCUT2D eigenvalue weighted by atomic mass is 9.93. The summed E-state index contributed by atoms with van der Waals surface area (Å²) >= 11 is 0. The number of rotatable bonds is 2. The second-order valence-corrected chi connectivity index (χ2v) is 3.03. The van der Waals surface area contributed by atoms with Gasteiger partial charge in [0.1, 0.15) is 0 Å². The van der Waals surface area contributed by atoms with Crippen molar-refractivity contribution in [1.82, 2.24) is 0 Å². The minimum Gasteiger partial charge on any atom is -0.346 e. The minimum absolute atomic E-state index is 0.599. The third-order valence-corrected chi connectivity index (χ3v) is 2.46. The Hall–Kier alpha value is -0.600. The van der Waals surface area contributed by atoms with Gasteiger partial charge in [-0.15, -0.1) is 0 Å². The highest BCUT2D eigenvalue weighted by atomic mass is 16.7. The van der Waals surface area contributed by atoms with Crippen LogP contribution >= 0.6 is 0 Å². The zero-order valence-corrected chi connectivity index (χ0v) is 8.18. The van der Waals surface area contributed by atoms with Crippen LogP contribution in [0.4, 0.5) is 0 Å². The number of ether oxygens (including phenoxy) is 2. The molecule has 0 heterocycles. The molecule has 0 aromatic rings. The fourth-order valence-electron chi connectivity index (χ4n) is 1.72. The van der Waals surface area contributed by atoms with E-state index < -0.39 is 5.79 Å². The van der Waals surface area contributed by atoms with E-state index in [1.807, 2.05) is 13.8 Å². The predicted octanol–water partition coefficient (Wildman–Crippen LogP) is 2.27. The van der Waals surface area contributed by atoms with Crippen molar-refractivity contribution in [3.05, 3.63) is 23.3 Å². The molecular formula is C10H16O2. The van der Waals surface area contributed by atoms with Crippen molar-refractivity contribution in [3.8, 4) is 0 Å². The summed E-state index contributed by atoms with van der Waals surface area (Å²) in [6.07, 6.45) is 5.23. The summed E-state index contributed by atoms with van der Waals surface area (Å²) in [6, 6.07) is 0. The highest BCUT2D eigenvalue weighted by molar-refractivity contribution is 5.31. The molecule has 0 saturated carbocycles. The molecule has 1 rings (SSSR count). The van der Waals surface area contributed by atoms with Crippen molar-refractivity contribution in [2.24, 2.45) is 0 Å². The maximum atomic E-state index is 5.39. The lowest BCUT2D eigenvalue weighted by molar-refractivity contribution is -0.151. The van der Waals surface area contributed by atoms with Crippen LogP contribution in [-0.2, 0) is 9.47 Å². The number of methoxy groups -OCH3 is 2. The van der Waals surface area contributed by atoms with Crippen LogP contribution in [0.5, 0.6) is 0 Å². The lowest BCUT2D eigenvalue weighted by Crippen LogP contribution is -2.37. The van der Waals surface area contributed by atoms with Crippen molar-refractivity contribution in [1.29, 1.82) is 0 Å². The fourth-order valence-corrected chi connectivity index (χ4v) is 1.72. The smallest absolute Gasteiger partial charge is 0.212 e. The molecule has 0 bridgehead atoms. The fraction of sp³-hybridized carbons (Fsp3) is 0.600. The SMILES string of the molecule is COC1(OC)C(C)=CCC=C1C. The maximum absolute atomic E-state index is 5.39. The second kappa shape index (κ2) is 3.42. The summed E-state index contributed by atoms with van der Waals surface area (Å²) in [5.74, 6) is -0.599. The average molecular weight is 168 g/mol. The van der Waals surface area contributed by atoms with Gasteiger partial charge >= 0.3 is 0 Å². The quantitative estimate of drug-likeness (QED) is 0.465. The standard InChI is InChI=1S/C10H16O2/c1-8-6-5-7-9(2)10(8,11-3)12-4/h6-7H,5H2,1-4H3. The molecular weight excluding hydrogens is 152 g/mol. The largest absolute Gasteiger partial charge is 0.346 e. The topological polar surface area (TPSA) is 18.5 Å². The van der Waals surface area contributed by atoms with E-state index in [4.69, 9.17) is 9.47 Å². The summed E-state index contributed by atoms with van der Waals surface area (Å²) in [5, 5.41) is 0. The van der Waals surface area contributed by atoms with Crippen LogP contribution < -0.4 is 0 Å². The van der Waals surface area contributed by atoms with E-state index >= 15 is 0 Å². The average Bonchev–Trinajstić information content (AvgIpc) is 2.06. The molecule has 0 amide bonds. The first kappa shape index (κ1) is 9.49. The minimum atomic E-state index is -0.599. The number of allylic oxidation sites excluding steroid dienone is 2. The van der Waals surface area contributed by atoms with Gasteiger partial charge in [-0.25, -0.2) is 0 Å². The Balaban J connectivity index is 3.02. The third-order valence-electron chi connectivity index (χ3n) is 2.46. The first-order valence-corrected chi connectivity index (χ1v) is 4.12. The molecule has 0 N–H and O–H groups in total. The van der Waals surface area contributed by atoms with E-state index in [0.717, 1.165) is 17.6 Å². The van der Waals surface area contributed by atoms with Gasteiger partial charge in [-0.3, -0.25) is 0 Å². The zero-order valence-electron chi connectivity index (χ0n) is 8.18. The second-order valence-electron chi connectivity index (χ2n) is 3.03. The molecule has 0 fully saturated rings. The summed E-state index contributed by atoms with van der Waals surface area (Å²) in [7, 11) is 3.34. The van der Waals surface area contributed by atoms with Gasteiger partial charge in [0.15, 0.2) is 0 Å². The maximum Gasteiger partial charge on any atom is 0.212 e. The van der Waals surface area contributed by atoms with E-state index in [-0.39, 0.29) is 0 Å². The van der Waals surface area contributed by atoms with Gasteiger partial charge in [0.2, 0.25) is 5.79 Å². The third kappa shape index (κ3) is 1.21. The van der Waals surface area contributed by atoms with Gasteiger partial charge < -0.3 is 9.47 Å². The normalized spacial score (nSPS) is 21.7. The summed E-state index contributed by atoms with van der Waals surface area (Å²) in [4.78, 5) is 0. The van der Waals surface area contributed by atoms with Crippen molar-refractivity contribution < 1.29 is 9.47 Å². The molecule has 68 valence electrons. The van der Waals surface area contributed by atoms with Gasteiger partial charge in [0.05, 0.1) is 0 Å². The van der Waals surface area contributed by atoms with E-state index in [0.29, 0.717) is 0 Å². The van der Waals surface area contributed by atoms with Crippen molar-refractivity contribution in [2.75, 3.05) is 14.2 Å². The van der Waals surface area contributed by atoms with Gasteiger partial charge in [-0.2, -0.15) is 0 Å². The van der Waals surface area contributed by atoms with Gasteiger partial charge in [-0.05, 0) is 31.4 Å². The molecule has 1 aliphatic rings. The van der Waals surface area contributed by atoms with Crippen molar-refractivity contribution >= 4 is 0 Å². The Morgan fingerprint density at radius 1 is 1.08 bits per heavy atom. The molecule has 0 aromatic heterocycles. The van der Waals surface area contributed by atoms with E-state index in [1.54, 1.807) is 14.2 Å². The van der Waals surface area contributed by atoms with Crippen LogP contribution in [0.1, 0.15) is 20.3 Å². The number of hydrogen-bond donors (Lipinski definition) is 0. The van der Waals surface area contributed by atoms with E-state index in [1.165, 1.54) is 0 Å². The highest BCUT2D eigenvalue weighted by Crippen LogP contribution is 2.33. The van der Waals surface area contributed by atoms with Crippen molar-refractivity contribution in [2.45, 2.75) is 26.1 Å². The Morgan fingerprint density at radius 2 is 1.50 bits per heavy atom. The molecule has 2 nitrogen and oxygen atoms in total. The van der Waals surface area contributed by atoms with Crippen LogP contribution in [0.25, 0.3) is 0 Å². The molecule has 0 aliphatic heterocycles. The molecule has 0 aromatic carbocycles. The van der Waals surface area contributed by atoms with Crippen LogP contribution in [0.15, 0.2) is 23.3 Å². The molecule has 0 radical (unpaired) electrons. The Morgan fingerprint density at radius 3 is 1.75 bits per heavy atom. The van der Waals surface area contributed by atoms with Crippen molar-refractivity contribution in [3.63, 3.8) is 0 Å². The van der Waals surface area contributed by atoms with Gasteiger partial charge in [0, 0.05) is 14.2 Å². The van der Waals surface area contributed by atoms with E-state index in [2.05, 4.69) is 12.2 Å². The summed E-state index contributed by atoms with van der Waals surface area (Å²) in [5.41, 5.74) is 2.26. The zero-order chi connectivity index (χ0) is 9.19. The summed E-state index contributed by atoms with van der Waals surface area (Å²) in [6.45, 7) is 4.06. The van der Waals surface area contributed by atoms with Gasteiger partial charge in [0.25, 0.3) is 0 Å². The first-order valence-electron chi connectivity index (χ1n) is 4.12. The molecule has 1 aliphatic carbocycles. The van der Waals surface area contributed by atoms with Crippen LogP contribution in [-0.4, -0.2) is 20.0 Å². The Bertz CT molecular complexity index is 202. The van der Waals surface area contributed by atoms with Crippen LogP contribution in [0.3, 0.4) is 0 Å². The molecule has 0 spiro atoms.